The zero-order valence-electron chi connectivity index (χ0n) is 18.5. The summed E-state index contributed by atoms with van der Waals surface area (Å²) in [7, 11) is 0. The molecule has 11 heteroatoms. The van der Waals surface area contributed by atoms with Crippen molar-refractivity contribution in [2.24, 2.45) is 0 Å². The number of rotatable bonds is 6. The van der Waals surface area contributed by atoms with Gasteiger partial charge in [-0.2, -0.15) is 4.98 Å². The maximum Gasteiger partial charge on any atom is 0.261 e. The van der Waals surface area contributed by atoms with Gasteiger partial charge in [0.05, 0.1) is 30.7 Å². The number of fused-ring (bicyclic) bond motifs is 1. The lowest BCUT2D eigenvalue weighted by atomic mass is 10.1. The van der Waals surface area contributed by atoms with Crippen LogP contribution in [0.25, 0.3) is 22.6 Å². The van der Waals surface area contributed by atoms with Crippen molar-refractivity contribution >= 4 is 34.4 Å². The number of anilines is 2. The predicted octanol–water partition coefficient (Wildman–Crippen LogP) is 2.65. The molecule has 4 heterocycles. The molecule has 1 unspecified atom stereocenters. The number of aliphatic hydroxyl groups excluding tert-OH is 1. The number of aliphatic hydroxyl groups is 1. The fraction of sp³-hybridized carbons (Fsp3) is 0.304. The van der Waals surface area contributed by atoms with E-state index in [1.54, 1.807) is 36.5 Å². The van der Waals surface area contributed by atoms with Gasteiger partial charge in [0.15, 0.2) is 5.65 Å². The number of nitrogens with zero attached hydrogens (tertiary/aromatic N) is 4. The molecule has 3 aromatic heterocycles. The highest BCUT2D eigenvalue weighted by atomic mass is 35.5. The van der Waals surface area contributed by atoms with Crippen molar-refractivity contribution in [1.29, 1.82) is 0 Å². The molecule has 0 aliphatic carbocycles. The Labute approximate surface area is 200 Å². The van der Waals surface area contributed by atoms with Crippen LogP contribution in [0.2, 0.25) is 5.02 Å². The number of pyridine rings is 1. The number of benzene rings is 1. The molecular formula is C23H24ClN7O3. The van der Waals surface area contributed by atoms with Crippen LogP contribution >= 0.6 is 11.6 Å². The zero-order chi connectivity index (χ0) is 23.7. The monoisotopic (exact) mass is 481 g/mol. The van der Waals surface area contributed by atoms with Crippen molar-refractivity contribution in [2.45, 2.75) is 13.0 Å². The molecule has 0 radical (unpaired) electrons. The number of aryl methyl sites for hydroxylation is 1. The van der Waals surface area contributed by atoms with Gasteiger partial charge in [-0.15, -0.1) is 0 Å². The van der Waals surface area contributed by atoms with Gasteiger partial charge in [-0.25, -0.2) is 9.97 Å². The SMILES string of the molecule is Cc1nc(N2CCOCC2)nc2nc(-c3c(NCC(O)c4cccc(Cl)c4)cc[nH]c3=O)[nH]c12. The van der Waals surface area contributed by atoms with Gasteiger partial charge < -0.3 is 30.0 Å². The largest absolute Gasteiger partial charge is 0.387 e. The molecule has 0 amide bonds. The number of halogens is 1. The van der Waals surface area contributed by atoms with Crippen LogP contribution in [-0.4, -0.2) is 62.9 Å². The quantitative estimate of drug-likeness (QED) is 0.330. The zero-order valence-corrected chi connectivity index (χ0v) is 19.3. The van der Waals surface area contributed by atoms with E-state index in [1.807, 2.05) is 6.92 Å². The first-order valence-electron chi connectivity index (χ1n) is 11.0. The van der Waals surface area contributed by atoms with Crippen LogP contribution in [0.3, 0.4) is 0 Å². The van der Waals surface area contributed by atoms with Crippen LogP contribution < -0.4 is 15.8 Å². The second kappa shape index (κ2) is 9.41. The summed E-state index contributed by atoms with van der Waals surface area (Å²) >= 11 is 6.03. The van der Waals surface area contributed by atoms with Crippen LogP contribution in [0.4, 0.5) is 11.6 Å². The number of aromatic nitrogens is 5. The fourth-order valence-electron chi connectivity index (χ4n) is 3.95. The van der Waals surface area contributed by atoms with E-state index in [1.165, 1.54) is 0 Å². The molecule has 1 aliphatic rings. The van der Waals surface area contributed by atoms with Crippen LogP contribution in [0.15, 0.2) is 41.3 Å². The summed E-state index contributed by atoms with van der Waals surface area (Å²) in [6, 6.07) is 8.76. The van der Waals surface area contributed by atoms with Gasteiger partial charge in [-0.05, 0) is 30.7 Å². The molecular weight excluding hydrogens is 458 g/mol. The van der Waals surface area contributed by atoms with Crippen molar-refractivity contribution in [3.8, 4) is 11.4 Å². The molecule has 1 atom stereocenters. The highest BCUT2D eigenvalue weighted by Gasteiger charge is 2.20. The summed E-state index contributed by atoms with van der Waals surface area (Å²) in [5.41, 5.74) is 3.10. The van der Waals surface area contributed by atoms with E-state index >= 15 is 0 Å². The lowest BCUT2D eigenvalue weighted by molar-refractivity contribution is 0.122. The lowest BCUT2D eigenvalue weighted by Gasteiger charge is -2.26. The van der Waals surface area contributed by atoms with E-state index in [0.717, 1.165) is 5.69 Å². The maximum absolute atomic E-state index is 12.8. The topological polar surface area (TPSA) is 132 Å². The number of H-pyrrole nitrogens is 2. The first-order valence-corrected chi connectivity index (χ1v) is 11.3. The Hall–Kier alpha value is -3.47. The number of imidazole rings is 1. The van der Waals surface area contributed by atoms with E-state index in [4.69, 9.17) is 16.3 Å². The maximum atomic E-state index is 12.8. The molecule has 0 bridgehead atoms. The van der Waals surface area contributed by atoms with Gasteiger partial charge in [0, 0.05) is 30.9 Å². The van der Waals surface area contributed by atoms with Crippen LogP contribution in [0.5, 0.6) is 0 Å². The van der Waals surface area contributed by atoms with Crippen LogP contribution in [0, 0.1) is 6.92 Å². The van der Waals surface area contributed by atoms with Crippen molar-refractivity contribution in [3.63, 3.8) is 0 Å². The second-order valence-corrected chi connectivity index (χ2v) is 8.48. The smallest absolute Gasteiger partial charge is 0.261 e. The number of aromatic amines is 2. The van der Waals surface area contributed by atoms with E-state index in [9.17, 15) is 9.90 Å². The Morgan fingerprint density at radius 3 is 2.85 bits per heavy atom. The number of hydrogen-bond acceptors (Lipinski definition) is 8. The van der Waals surface area contributed by atoms with Gasteiger partial charge in [-0.1, -0.05) is 23.7 Å². The third-order valence-electron chi connectivity index (χ3n) is 5.73. The molecule has 1 fully saturated rings. The summed E-state index contributed by atoms with van der Waals surface area (Å²) in [6.45, 7) is 4.74. The van der Waals surface area contributed by atoms with E-state index in [2.05, 4.69) is 35.1 Å². The minimum absolute atomic E-state index is 0.178. The minimum Gasteiger partial charge on any atom is -0.387 e. The highest BCUT2D eigenvalue weighted by Crippen LogP contribution is 2.27. The van der Waals surface area contributed by atoms with Crippen LogP contribution in [0.1, 0.15) is 17.4 Å². The molecule has 5 rings (SSSR count). The molecule has 0 saturated carbocycles. The number of ether oxygens (including phenoxy) is 1. The second-order valence-electron chi connectivity index (χ2n) is 8.04. The summed E-state index contributed by atoms with van der Waals surface area (Å²) in [4.78, 5) is 34.6. The van der Waals surface area contributed by atoms with Crippen molar-refractivity contribution in [2.75, 3.05) is 43.1 Å². The Morgan fingerprint density at radius 1 is 1.24 bits per heavy atom. The van der Waals surface area contributed by atoms with E-state index in [-0.39, 0.29) is 12.1 Å². The highest BCUT2D eigenvalue weighted by molar-refractivity contribution is 6.30. The summed E-state index contributed by atoms with van der Waals surface area (Å²) in [5.74, 6) is 0.962. The number of nitrogens with one attached hydrogen (secondary N) is 3. The molecule has 0 spiro atoms. The molecule has 176 valence electrons. The Morgan fingerprint density at radius 2 is 2.06 bits per heavy atom. The fourth-order valence-corrected chi connectivity index (χ4v) is 4.14. The van der Waals surface area contributed by atoms with E-state index < -0.39 is 6.10 Å². The van der Waals surface area contributed by atoms with Gasteiger partial charge >= 0.3 is 0 Å². The average Bonchev–Trinajstić information content (AvgIpc) is 3.27. The van der Waals surface area contributed by atoms with Gasteiger partial charge in [-0.3, -0.25) is 4.79 Å². The molecule has 1 saturated heterocycles. The van der Waals surface area contributed by atoms with Crippen molar-refractivity contribution < 1.29 is 9.84 Å². The molecule has 1 aromatic carbocycles. The molecule has 4 aromatic rings. The summed E-state index contributed by atoms with van der Waals surface area (Å²) in [5, 5.41) is 14.3. The molecule has 10 nitrogen and oxygen atoms in total. The minimum atomic E-state index is -0.814. The number of hydrogen-bond donors (Lipinski definition) is 4. The van der Waals surface area contributed by atoms with Crippen molar-refractivity contribution in [3.05, 3.63) is 63.2 Å². The lowest BCUT2D eigenvalue weighted by Crippen LogP contribution is -2.37. The average molecular weight is 482 g/mol. The molecule has 34 heavy (non-hydrogen) atoms. The third-order valence-corrected chi connectivity index (χ3v) is 5.97. The van der Waals surface area contributed by atoms with Gasteiger partial charge in [0.2, 0.25) is 5.95 Å². The van der Waals surface area contributed by atoms with E-state index in [0.29, 0.717) is 71.1 Å². The Balaban J connectivity index is 1.46. The normalized spacial score (nSPS) is 15.0. The first kappa shape index (κ1) is 22.3. The first-order chi connectivity index (χ1) is 16.5. The third kappa shape index (κ3) is 4.47. The molecule has 1 aliphatic heterocycles. The summed E-state index contributed by atoms with van der Waals surface area (Å²) in [6.07, 6.45) is 0.732. The van der Waals surface area contributed by atoms with Crippen molar-refractivity contribution in [1.82, 2.24) is 24.9 Å². The Kier molecular flexibility index (Phi) is 6.18. The van der Waals surface area contributed by atoms with Gasteiger partial charge in [0.1, 0.15) is 16.9 Å². The summed E-state index contributed by atoms with van der Waals surface area (Å²) < 4.78 is 5.41. The standard InChI is InChI=1S/C23H24ClN7O3/c1-13-19-21(30-23(27-13)31-7-9-34-10-8-31)29-20(28-19)18-16(5-6-25-22(18)33)26-12-17(32)14-3-2-4-15(24)11-14/h2-6,11,17,32H,7-10,12H2,1H3,(H2,25,26,33)(H,27,28,29,30). The predicted molar refractivity (Wildman–Crippen MR) is 130 cm³/mol. The van der Waals surface area contributed by atoms with Gasteiger partial charge in [0.25, 0.3) is 5.56 Å². The molecule has 4 N–H and O–H groups in total. The van der Waals surface area contributed by atoms with Crippen LogP contribution in [-0.2, 0) is 4.74 Å². The number of morpholine rings is 1. The Bertz CT molecular complexity index is 1380.